The van der Waals surface area contributed by atoms with Crippen molar-refractivity contribution >= 4 is 40.3 Å². The van der Waals surface area contributed by atoms with E-state index in [-0.39, 0.29) is 5.91 Å². The van der Waals surface area contributed by atoms with E-state index in [4.69, 9.17) is 4.98 Å². The summed E-state index contributed by atoms with van der Waals surface area (Å²) in [6.45, 7) is 3.34. The van der Waals surface area contributed by atoms with Crippen LogP contribution in [0.2, 0.25) is 0 Å². The van der Waals surface area contributed by atoms with Crippen molar-refractivity contribution in [2.75, 3.05) is 12.3 Å². The van der Waals surface area contributed by atoms with Crippen molar-refractivity contribution in [1.82, 2.24) is 14.9 Å². The third-order valence-corrected chi connectivity index (χ3v) is 7.11. The van der Waals surface area contributed by atoms with E-state index in [1.807, 2.05) is 42.2 Å². The molecule has 148 valence electrons. The normalized spacial score (nSPS) is 10.9. The fourth-order valence-electron chi connectivity index (χ4n) is 3.01. The van der Waals surface area contributed by atoms with Gasteiger partial charge in [0.15, 0.2) is 5.16 Å². The van der Waals surface area contributed by atoms with Gasteiger partial charge in [0.05, 0.1) is 21.2 Å². The third kappa shape index (κ3) is 4.80. The number of carbonyl (C=O) groups is 1. The number of carbonyl (C=O) groups excluding carboxylic acids is 1. The van der Waals surface area contributed by atoms with Gasteiger partial charge in [-0.3, -0.25) is 4.79 Å². The molecule has 0 aliphatic carbocycles. The fraction of sp³-hybridized carbons (Fsp3) is 0.182. The summed E-state index contributed by atoms with van der Waals surface area (Å²) in [4.78, 5) is 25.2. The summed E-state index contributed by atoms with van der Waals surface area (Å²) in [5.74, 6) is 0.482. The first-order chi connectivity index (χ1) is 14.2. The van der Waals surface area contributed by atoms with E-state index >= 15 is 0 Å². The Kier molecular flexibility index (Phi) is 6.49. The van der Waals surface area contributed by atoms with Crippen LogP contribution in [0.3, 0.4) is 0 Å². The molecule has 1 amide bonds. The minimum absolute atomic E-state index is 0.119. The van der Waals surface area contributed by atoms with Gasteiger partial charge in [-0.05, 0) is 35.4 Å². The molecular formula is C22H21N3OS3. The first-order valence-corrected chi connectivity index (χ1v) is 12.1. The average Bonchev–Trinajstić information content (AvgIpc) is 3.51. The van der Waals surface area contributed by atoms with Crippen molar-refractivity contribution in [2.24, 2.45) is 0 Å². The van der Waals surface area contributed by atoms with Gasteiger partial charge in [0, 0.05) is 13.1 Å². The summed E-state index contributed by atoms with van der Waals surface area (Å²) >= 11 is 4.82. The Morgan fingerprint density at radius 1 is 1.03 bits per heavy atom. The lowest BCUT2D eigenvalue weighted by Gasteiger charge is -2.20. The quantitative estimate of drug-likeness (QED) is 0.342. The van der Waals surface area contributed by atoms with Crippen LogP contribution in [-0.2, 0) is 11.3 Å². The maximum Gasteiger partial charge on any atom is 0.233 e. The minimum atomic E-state index is 0.119. The highest BCUT2D eigenvalue weighted by Crippen LogP contribution is 2.36. The highest BCUT2D eigenvalue weighted by molar-refractivity contribution is 7.99. The van der Waals surface area contributed by atoms with E-state index in [0.717, 1.165) is 31.9 Å². The number of amides is 1. The fourth-order valence-corrected chi connectivity index (χ4v) is 5.23. The molecule has 1 N–H and O–H groups in total. The Balaban J connectivity index is 1.48. The van der Waals surface area contributed by atoms with Gasteiger partial charge < -0.3 is 9.88 Å². The molecule has 0 radical (unpaired) electrons. The summed E-state index contributed by atoms with van der Waals surface area (Å²) in [5, 5.41) is 4.90. The topological polar surface area (TPSA) is 49.0 Å². The Morgan fingerprint density at radius 3 is 2.41 bits per heavy atom. The molecule has 0 atom stereocenters. The Labute approximate surface area is 182 Å². The Hall–Kier alpha value is -2.35. The van der Waals surface area contributed by atoms with E-state index < -0.39 is 0 Å². The number of aromatic amines is 1. The molecule has 0 bridgehead atoms. The number of benzene rings is 1. The molecule has 29 heavy (non-hydrogen) atoms. The lowest BCUT2D eigenvalue weighted by Crippen LogP contribution is -2.31. The van der Waals surface area contributed by atoms with Crippen LogP contribution in [0.5, 0.6) is 0 Å². The Morgan fingerprint density at radius 2 is 1.76 bits per heavy atom. The van der Waals surface area contributed by atoms with Gasteiger partial charge in [0.25, 0.3) is 0 Å². The number of rotatable bonds is 8. The van der Waals surface area contributed by atoms with Crippen molar-refractivity contribution in [2.45, 2.75) is 18.6 Å². The second-order valence-corrected chi connectivity index (χ2v) is 9.26. The van der Waals surface area contributed by atoms with Crippen LogP contribution in [0.1, 0.15) is 12.5 Å². The van der Waals surface area contributed by atoms with E-state index in [0.29, 0.717) is 18.8 Å². The van der Waals surface area contributed by atoms with Crippen molar-refractivity contribution < 1.29 is 4.79 Å². The molecule has 3 aromatic heterocycles. The highest BCUT2D eigenvalue weighted by atomic mass is 32.2. The predicted octanol–water partition coefficient (Wildman–Crippen LogP) is 6.01. The molecule has 0 saturated carbocycles. The smallest absolute Gasteiger partial charge is 0.233 e. The SMILES string of the molecule is CCN(Cc1ccccc1)C(=O)CSc1nc(-c2cccs2)c(-c2cccs2)[nH]1. The zero-order valence-electron chi connectivity index (χ0n) is 16.0. The van der Waals surface area contributed by atoms with Crippen molar-refractivity contribution in [3.05, 3.63) is 70.9 Å². The molecule has 4 rings (SSSR count). The van der Waals surface area contributed by atoms with Crippen LogP contribution in [0.25, 0.3) is 21.1 Å². The number of thiophene rings is 2. The van der Waals surface area contributed by atoms with Crippen LogP contribution in [0.15, 0.2) is 70.5 Å². The van der Waals surface area contributed by atoms with E-state index in [1.165, 1.54) is 11.8 Å². The van der Waals surface area contributed by atoms with Gasteiger partial charge in [-0.25, -0.2) is 4.98 Å². The molecule has 0 fully saturated rings. The summed E-state index contributed by atoms with van der Waals surface area (Å²) < 4.78 is 0. The van der Waals surface area contributed by atoms with Gasteiger partial charge in [-0.15, -0.1) is 22.7 Å². The summed E-state index contributed by atoms with van der Waals surface area (Å²) in [5.41, 5.74) is 3.12. The minimum Gasteiger partial charge on any atom is -0.338 e. The van der Waals surface area contributed by atoms with Crippen molar-refractivity contribution in [3.63, 3.8) is 0 Å². The molecule has 0 aliphatic heterocycles. The highest BCUT2D eigenvalue weighted by Gasteiger charge is 2.18. The lowest BCUT2D eigenvalue weighted by molar-refractivity contribution is -0.128. The Bertz CT molecular complexity index is 989. The van der Waals surface area contributed by atoms with Crippen LogP contribution in [-0.4, -0.2) is 33.1 Å². The molecule has 0 aliphatic rings. The maximum absolute atomic E-state index is 12.8. The first-order valence-electron chi connectivity index (χ1n) is 9.37. The third-order valence-electron chi connectivity index (χ3n) is 4.49. The lowest BCUT2D eigenvalue weighted by atomic mass is 10.2. The average molecular weight is 440 g/mol. The van der Waals surface area contributed by atoms with Crippen LogP contribution in [0.4, 0.5) is 0 Å². The predicted molar refractivity (Wildman–Crippen MR) is 123 cm³/mol. The van der Waals surface area contributed by atoms with Crippen LogP contribution < -0.4 is 0 Å². The number of thioether (sulfide) groups is 1. The number of nitrogens with one attached hydrogen (secondary N) is 1. The maximum atomic E-state index is 12.8. The van der Waals surface area contributed by atoms with Gasteiger partial charge in [-0.1, -0.05) is 54.2 Å². The molecule has 0 spiro atoms. The van der Waals surface area contributed by atoms with Gasteiger partial charge in [0.2, 0.25) is 5.91 Å². The molecule has 4 aromatic rings. The number of hydrogen-bond acceptors (Lipinski definition) is 5. The standard InChI is InChI=1S/C22H21N3OS3/c1-2-25(14-16-8-4-3-5-9-16)19(26)15-29-22-23-20(17-10-6-12-27-17)21(24-22)18-11-7-13-28-18/h3-13H,2,14-15H2,1H3,(H,23,24). The van der Waals surface area contributed by atoms with Crippen LogP contribution >= 0.6 is 34.4 Å². The molecule has 7 heteroatoms. The molecule has 3 heterocycles. The van der Waals surface area contributed by atoms with Crippen LogP contribution in [0, 0.1) is 0 Å². The second-order valence-electron chi connectivity index (χ2n) is 6.40. The zero-order valence-corrected chi connectivity index (χ0v) is 18.4. The number of hydrogen-bond donors (Lipinski definition) is 1. The van der Waals surface area contributed by atoms with Gasteiger partial charge in [0.1, 0.15) is 5.69 Å². The van der Waals surface area contributed by atoms with Crippen molar-refractivity contribution in [1.29, 1.82) is 0 Å². The largest absolute Gasteiger partial charge is 0.338 e. The number of H-pyrrole nitrogens is 1. The monoisotopic (exact) mass is 439 g/mol. The molecule has 4 nitrogen and oxygen atoms in total. The molecule has 0 saturated heterocycles. The molecule has 0 unspecified atom stereocenters. The summed E-state index contributed by atoms with van der Waals surface area (Å²) in [6, 6.07) is 18.3. The van der Waals surface area contributed by atoms with Gasteiger partial charge >= 0.3 is 0 Å². The summed E-state index contributed by atoms with van der Waals surface area (Å²) in [7, 11) is 0. The zero-order chi connectivity index (χ0) is 20.1. The first kappa shape index (κ1) is 19.9. The van der Waals surface area contributed by atoms with E-state index in [1.54, 1.807) is 22.7 Å². The number of nitrogens with zero attached hydrogens (tertiary/aromatic N) is 2. The number of aromatic nitrogens is 2. The second kappa shape index (κ2) is 9.43. The van der Waals surface area contributed by atoms with Gasteiger partial charge in [-0.2, -0.15) is 0 Å². The molecular weight excluding hydrogens is 418 g/mol. The number of imidazole rings is 1. The van der Waals surface area contributed by atoms with E-state index in [9.17, 15) is 4.79 Å². The summed E-state index contributed by atoms with van der Waals surface area (Å²) in [6.07, 6.45) is 0. The van der Waals surface area contributed by atoms with Crippen molar-refractivity contribution in [3.8, 4) is 21.1 Å². The molecule has 1 aromatic carbocycles. The van der Waals surface area contributed by atoms with E-state index in [2.05, 4.69) is 40.0 Å².